The minimum Gasteiger partial charge on any atom is -0.477 e. The molecule has 0 spiro atoms. The average molecular weight is 210 g/mol. The van der Waals surface area contributed by atoms with Crippen molar-refractivity contribution in [1.82, 2.24) is 9.97 Å². The van der Waals surface area contributed by atoms with Crippen molar-refractivity contribution in [3.05, 3.63) is 17.7 Å². The van der Waals surface area contributed by atoms with E-state index >= 15 is 0 Å². The van der Waals surface area contributed by atoms with Crippen LogP contribution in [0.5, 0.6) is 0 Å². The van der Waals surface area contributed by atoms with Gasteiger partial charge in [-0.15, -0.1) is 0 Å². The van der Waals surface area contributed by atoms with Gasteiger partial charge in [0.05, 0.1) is 6.20 Å². The van der Waals surface area contributed by atoms with Crippen molar-refractivity contribution >= 4 is 5.97 Å². The first-order chi connectivity index (χ1) is 7.22. The van der Waals surface area contributed by atoms with Crippen LogP contribution in [0, 0.1) is 5.92 Å². The summed E-state index contributed by atoms with van der Waals surface area (Å²) in [4.78, 5) is 17.5. The Morgan fingerprint density at radius 1 is 1.80 bits per heavy atom. The number of aromatic nitrogens is 2. The van der Waals surface area contributed by atoms with Gasteiger partial charge < -0.3 is 14.8 Å². The van der Waals surface area contributed by atoms with Crippen molar-refractivity contribution < 1.29 is 14.6 Å². The van der Waals surface area contributed by atoms with E-state index < -0.39 is 5.97 Å². The fraction of sp³-hybridized carbons (Fsp3) is 0.600. The molecule has 0 aromatic carbocycles. The first kappa shape index (κ1) is 10.2. The molecule has 2 N–H and O–H groups in total. The zero-order valence-corrected chi connectivity index (χ0v) is 8.56. The van der Waals surface area contributed by atoms with E-state index in [1.807, 2.05) is 6.92 Å². The van der Waals surface area contributed by atoms with Gasteiger partial charge in [-0.1, -0.05) is 0 Å². The molecule has 1 aliphatic carbocycles. The number of rotatable bonds is 5. The van der Waals surface area contributed by atoms with Crippen molar-refractivity contribution in [3.63, 3.8) is 0 Å². The van der Waals surface area contributed by atoms with Gasteiger partial charge in [-0.2, -0.15) is 0 Å². The van der Waals surface area contributed by atoms with Crippen LogP contribution in [0.1, 0.15) is 42.2 Å². The van der Waals surface area contributed by atoms with Gasteiger partial charge in [0.1, 0.15) is 17.6 Å². The maximum absolute atomic E-state index is 10.7. The second kappa shape index (κ2) is 4.02. The first-order valence-electron chi connectivity index (χ1n) is 5.12. The van der Waals surface area contributed by atoms with E-state index in [2.05, 4.69) is 9.97 Å². The van der Waals surface area contributed by atoms with Gasteiger partial charge >= 0.3 is 5.97 Å². The number of imidazole rings is 1. The summed E-state index contributed by atoms with van der Waals surface area (Å²) in [6.45, 7) is 2.54. The molecule has 1 aliphatic rings. The summed E-state index contributed by atoms with van der Waals surface area (Å²) < 4.78 is 5.56. The molecule has 1 heterocycles. The van der Waals surface area contributed by atoms with Crippen molar-refractivity contribution in [1.29, 1.82) is 0 Å². The molecular weight excluding hydrogens is 196 g/mol. The summed E-state index contributed by atoms with van der Waals surface area (Å²) in [7, 11) is 0. The lowest BCUT2D eigenvalue weighted by molar-refractivity contribution is 0.0404. The molecule has 5 heteroatoms. The lowest BCUT2D eigenvalue weighted by Crippen LogP contribution is -2.09. The number of ether oxygens (including phenoxy) is 1. The molecule has 0 radical (unpaired) electrons. The number of hydrogen-bond donors (Lipinski definition) is 2. The fourth-order valence-corrected chi connectivity index (χ4v) is 1.61. The summed E-state index contributed by atoms with van der Waals surface area (Å²) in [5.74, 6) is 0.147. The quantitative estimate of drug-likeness (QED) is 0.773. The number of carbonyl (C=O) groups is 1. The number of carboxylic acids is 1. The Kier molecular flexibility index (Phi) is 2.73. The SMILES string of the molecule is CCOC(c1ncc(C(=O)O)[nH]1)C1CC1. The molecule has 2 rings (SSSR count). The molecule has 0 amide bonds. The Labute approximate surface area is 87.5 Å². The predicted octanol–water partition coefficient (Wildman–Crippen LogP) is 1.60. The van der Waals surface area contributed by atoms with Crippen LogP contribution in [0.25, 0.3) is 0 Å². The normalized spacial score (nSPS) is 17.7. The minimum atomic E-state index is -0.986. The van der Waals surface area contributed by atoms with Crippen LogP contribution < -0.4 is 0 Å². The Hall–Kier alpha value is -1.36. The third-order valence-corrected chi connectivity index (χ3v) is 2.49. The Balaban J connectivity index is 2.14. The lowest BCUT2D eigenvalue weighted by Gasteiger charge is -2.13. The highest BCUT2D eigenvalue weighted by atomic mass is 16.5. The van der Waals surface area contributed by atoms with E-state index in [1.54, 1.807) is 0 Å². The second-order valence-electron chi connectivity index (χ2n) is 3.70. The maximum atomic E-state index is 10.7. The third kappa shape index (κ3) is 2.18. The van der Waals surface area contributed by atoms with Crippen molar-refractivity contribution in [2.24, 2.45) is 5.92 Å². The van der Waals surface area contributed by atoms with Gasteiger partial charge in [0, 0.05) is 6.61 Å². The van der Waals surface area contributed by atoms with Crippen molar-refractivity contribution in [3.8, 4) is 0 Å². The highest BCUT2D eigenvalue weighted by molar-refractivity contribution is 5.85. The number of nitrogens with one attached hydrogen (secondary N) is 1. The van der Waals surface area contributed by atoms with Gasteiger partial charge in [-0.3, -0.25) is 0 Å². The Morgan fingerprint density at radius 3 is 3.00 bits per heavy atom. The van der Waals surface area contributed by atoms with E-state index in [0.717, 1.165) is 12.8 Å². The van der Waals surface area contributed by atoms with Crippen molar-refractivity contribution in [2.45, 2.75) is 25.9 Å². The monoisotopic (exact) mass is 210 g/mol. The Bertz CT molecular complexity index is 357. The van der Waals surface area contributed by atoms with E-state index in [4.69, 9.17) is 9.84 Å². The number of H-pyrrole nitrogens is 1. The van der Waals surface area contributed by atoms with E-state index in [1.165, 1.54) is 6.20 Å². The van der Waals surface area contributed by atoms with Crippen LogP contribution in [0.15, 0.2) is 6.20 Å². The summed E-state index contributed by atoms with van der Waals surface area (Å²) in [6, 6.07) is 0. The van der Waals surface area contributed by atoms with Crippen LogP contribution in [-0.2, 0) is 4.74 Å². The molecule has 1 atom stereocenters. The topological polar surface area (TPSA) is 75.2 Å². The first-order valence-corrected chi connectivity index (χ1v) is 5.12. The molecule has 0 saturated heterocycles. The van der Waals surface area contributed by atoms with Crippen LogP contribution in [0.2, 0.25) is 0 Å². The standard InChI is InChI=1S/C10H14N2O3/c1-2-15-8(6-3-4-6)9-11-5-7(12-9)10(13)14/h5-6,8H,2-4H2,1H3,(H,11,12)(H,13,14). The van der Waals surface area contributed by atoms with E-state index in [0.29, 0.717) is 18.3 Å². The number of aromatic amines is 1. The molecule has 1 aromatic heterocycles. The van der Waals surface area contributed by atoms with Crippen LogP contribution >= 0.6 is 0 Å². The number of nitrogens with zero attached hydrogens (tertiary/aromatic N) is 1. The molecule has 1 saturated carbocycles. The highest BCUT2D eigenvalue weighted by Crippen LogP contribution is 2.42. The molecule has 1 unspecified atom stereocenters. The number of carboxylic acid groups (broad SMARTS) is 1. The number of hydrogen-bond acceptors (Lipinski definition) is 3. The van der Waals surface area contributed by atoms with Gasteiger partial charge in [0.25, 0.3) is 0 Å². The molecule has 1 aromatic rings. The fourth-order valence-electron chi connectivity index (χ4n) is 1.61. The third-order valence-electron chi connectivity index (χ3n) is 2.49. The average Bonchev–Trinajstić information content (AvgIpc) is 2.91. The second-order valence-corrected chi connectivity index (χ2v) is 3.70. The molecule has 0 bridgehead atoms. The van der Waals surface area contributed by atoms with E-state index in [-0.39, 0.29) is 11.8 Å². The summed E-state index contributed by atoms with van der Waals surface area (Å²) >= 11 is 0. The summed E-state index contributed by atoms with van der Waals surface area (Å²) in [5.41, 5.74) is 0.121. The molecule has 0 aliphatic heterocycles. The molecule has 15 heavy (non-hydrogen) atoms. The molecule has 82 valence electrons. The van der Waals surface area contributed by atoms with Gasteiger partial charge in [0.2, 0.25) is 0 Å². The molecular formula is C10H14N2O3. The predicted molar refractivity (Wildman–Crippen MR) is 52.6 cm³/mol. The summed E-state index contributed by atoms with van der Waals surface area (Å²) in [5, 5.41) is 8.75. The zero-order chi connectivity index (χ0) is 10.8. The molecule has 1 fully saturated rings. The van der Waals surface area contributed by atoms with Crippen LogP contribution in [0.3, 0.4) is 0 Å². The zero-order valence-electron chi connectivity index (χ0n) is 8.56. The van der Waals surface area contributed by atoms with Gasteiger partial charge in [0.15, 0.2) is 0 Å². The van der Waals surface area contributed by atoms with Crippen LogP contribution in [0.4, 0.5) is 0 Å². The van der Waals surface area contributed by atoms with Gasteiger partial charge in [-0.05, 0) is 25.7 Å². The van der Waals surface area contributed by atoms with Gasteiger partial charge in [-0.25, -0.2) is 9.78 Å². The summed E-state index contributed by atoms with van der Waals surface area (Å²) in [6.07, 6.45) is 3.54. The molecule has 5 nitrogen and oxygen atoms in total. The number of aromatic carboxylic acids is 1. The maximum Gasteiger partial charge on any atom is 0.353 e. The Morgan fingerprint density at radius 2 is 2.53 bits per heavy atom. The minimum absolute atomic E-state index is 0.0666. The van der Waals surface area contributed by atoms with Crippen molar-refractivity contribution in [2.75, 3.05) is 6.61 Å². The lowest BCUT2D eigenvalue weighted by atomic mass is 10.2. The smallest absolute Gasteiger partial charge is 0.353 e. The van der Waals surface area contributed by atoms with E-state index in [9.17, 15) is 4.79 Å². The highest BCUT2D eigenvalue weighted by Gasteiger charge is 2.34. The largest absolute Gasteiger partial charge is 0.477 e. The van der Waals surface area contributed by atoms with Crippen LogP contribution in [-0.4, -0.2) is 27.7 Å².